The van der Waals surface area contributed by atoms with Crippen LogP contribution in [0.5, 0.6) is 17.4 Å². The molecule has 1 unspecified atom stereocenters. The number of nitrogens with zero attached hydrogens (tertiary/aromatic N) is 2. The molecule has 0 saturated carbocycles. The number of ether oxygens (including phenoxy) is 2. The summed E-state index contributed by atoms with van der Waals surface area (Å²) in [7, 11) is 0. The van der Waals surface area contributed by atoms with E-state index in [4.69, 9.17) is 21.1 Å². The van der Waals surface area contributed by atoms with Crippen molar-refractivity contribution >= 4 is 17.6 Å². The number of hydrogen-bond acceptors (Lipinski definition) is 6. The van der Waals surface area contributed by atoms with E-state index in [2.05, 4.69) is 16.3 Å². The Bertz CT molecular complexity index is 766. The van der Waals surface area contributed by atoms with Crippen LogP contribution < -0.4 is 4.74 Å². The molecule has 2 aromatic rings. The molecule has 0 spiro atoms. The normalized spacial score (nSPS) is 15.3. The summed E-state index contributed by atoms with van der Waals surface area (Å²) in [4.78, 5) is 10.8. The lowest BCUT2D eigenvalue weighted by Gasteiger charge is -2.31. The number of carbonyl (C=O) groups is 1. The van der Waals surface area contributed by atoms with E-state index in [0.717, 1.165) is 24.8 Å². The summed E-state index contributed by atoms with van der Waals surface area (Å²) in [6.07, 6.45) is 2.67. The van der Waals surface area contributed by atoms with Gasteiger partial charge in [-0.15, -0.1) is 10.2 Å². The van der Waals surface area contributed by atoms with Crippen LogP contribution in [-0.2, 0) is 16.0 Å². The highest BCUT2D eigenvalue weighted by molar-refractivity contribution is 6.29. The minimum Gasteiger partial charge on any atom is -0.503 e. The number of carbonyl (C=O) groups excluding carboxylic acids is 1. The molecule has 1 aromatic heterocycles. The summed E-state index contributed by atoms with van der Waals surface area (Å²) in [6.45, 7) is 1.86. The fraction of sp³-hybridized carbons (Fsp3) is 0.353. The Balaban J connectivity index is 1.65. The third-order valence-corrected chi connectivity index (χ3v) is 4.16. The Labute approximate surface area is 144 Å². The van der Waals surface area contributed by atoms with Gasteiger partial charge in [0.1, 0.15) is 5.75 Å². The first kappa shape index (κ1) is 16.5. The lowest BCUT2D eigenvalue weighted by atomic mass is 9.75. The third-order valence-electron chi connectivity index (χ3n) is 3.98. The maximum atomic E-state index is 10.8. The van der Waals surface area contributed by atoms with Crippen LogP contribution >= 0.6 is 11.6 Å². The first-order valence-electron chi connectivity index (χ1n) is 7.70. The maximum Gasteiger partial charge on any atom is 0.302 e. The predicted molar refractivity (Wildman–Crippen MR) is 87.5 cm³/mol. The zero-order valence-corrected chi connectivity index (χ0v) is 13.9. The molecule has 1 N–H and O–H groups in total. The van der Waals surface area contributed by atoms with Gasteiger partial charge >= 0.3 is 5.97 Å². The molecular formula is C17H17ClN2O4. The van der Waals surface area contributed by atoms with Crippen LogP contribution in [0.3, 0.4) is 0 Å². The van der Waals surface area contributed by atoms with Gasteiger partial charge in [0.15, 0.2) is 10.9 Å². The second-order valence-corrected chi connectivity index (χ2v) is 6.05. The lowest BCUT2D eigenvalue weighted by Crippen LogP contribution is -2.18. The third kappa shape index (κ3) is 3.59. The second-order valence-electron chi connectivity index (χ2n) is 5.67. The van der Waals surface area contributed by atoms with Crippen molar-refractivity contribution in [1.82, 2.24) is 10.2 Å². The van der Waals surface area contributed by atoms with E-state index in [9.17, 15) is 9.90 Å². The molecular weight excluding hydrogens is 332 g/mol. The zero-order chi connectivity index (χ0) is 17.1. The highest BCUT2D eigenvalue weighted by Crippen LogP contribution is 2.44. The Morgan fingerprint density at radius 3 is 3.00 bits per heavy atom. The minimum absolute atomic E-state index is 0.0334. The first-order chi connectivity index (χ1) is 11.5. The largest absolute Gasteiger partial charge is 0.503 e. The monoisotopic (exact) mass is 348 g/mol. The molecule has 3 rings (SSSR count). The SMILES string of the molecule is CC(=O)OCCCC1Cc2c(Oc3nnc(Cl)cc3O)cccc21. The minimum atomic E-state index is -0.247. The van der Waals surface area contributed by atoms with Gasteiger partial charge < -0.3 is 14.6 Å². The van der Waals surface area contributed by atoms with Gasteiger partial charge in [-0.1, -0.05) is 23.7 Å². The number of hydrogen-bond donors (Lipinski definition) is 1. The number of rotatable bonds is 6. The molecule has 1 aliphatic carbocycles. The summed E-state index contributed by atoms with van der Waals surface area (Å²) in [5.74, 6) is 0.735. The number of benzene rings is 1. The highest BCUT2D eigenvalue weighted by atomic mass is 35.5. The molecule has 0 amide bonds. The smallest absolute Gasteiger partial charge is 0.302 e. The Kier molecular flexibility index (Phi) is 4.85. The summed E-state index contributed by atoms with van der Waals surface area (Å²) in [5, 5.41) is 17.4. The van der Waals surface area contributed by atoms with E-state index < -0.39 is 0 Å². The van der Waals surface area contributed by atoms with Gasteiger partial charge in [-0.3, -0.25) is 4.79 Å². The van der Waals surface area contributed by atoms with Crippen molar-refractivity contribution < 1.29 is 19.4 Å². The van der Waals surface area contributed by atoms with Crippen LogP contribution in [-0.4, -0.2) is 27.9 Å². The molecule has 126 valence electrons. The second kappa shape index (κ2) is 7.05. The molecule has 7 heteroatoms. The molecule has 0 aliphatic heterocycles. The van der Waals surface area contributed by atoms with Crippen molar-refractivity contribution in [2.45, 2.75) is 32.1 Å². The van der Waals surface area contributed by atoms with Crippen molar-refractivity contribution in [3.63, 3.8) is 0 Å². The van der Waals surface area contributed by atoms with Crippen LogP contribution in [0.2, 0.25) is 5.15 Å². The summed E-state index contributed by atoms with van der Waals surface area (Å²) >= 11 is 5.67. The standard InChI is InChI=1S/C17H17ClN2O4/c1-10(21)23-7-3-4-11-8-13-12(11)5-2-6-15(13)24-17-14(22)9-16(18)19-20-17/h2,5-6,9,11H,3-4,7-8H2,1H3,(H,19,22). The zero-order valence-electron chi connectivity index (χ0n) is 13.2. The van der Waals surface area contributed by atoms with Gasteiger partial charge in [-0.2, -0.15) is 0 Å². The van der Waals surface area contributed by atoms with Crippen molar-refractivity contribution in [3.8, 4) is 17.4 Å². The molecule has 1 aromatic carbocycles. The van der Waals surface area contributed by atoms with Crippen molar-refractivity contribution in [3.05, 3.63) is 40.5 Å². The average Bonchev–Trinajstić information content (AvgIpc) is 2.51. The van der Waals surface area contributed by atoms with E-state index in [-0.39, 0.29) is 22.8 Å². The average molecular weight is 349 g/mol. The van der Waals surface area contributed by atoms with Crippen molar-refractivity contribution in [2.75, 3.05) is 6.61 Å². The van der Waals surface area contributed by atoms with Gasteiger partial charge in [0.05, 0.1) is 6.61 Å². The fourth-order valence-corrected chi connectivity index (χ4v) is 2.97. The molecule has 1 atom stereocenters. The van der Waals surface area contributed by atoms with Gasteiger partial charge in [0, 0.05) is 13.0 Å². The maximum absolute atomic E-state index is 10.8. The van der Waals surface area contributed by atoms with Gasteiger partial charge in [0.25, 0.3) is 5.88 Å². The predicted octanol–water partition coefficient (Wildman–Crippen LogP) is 3.61. The number of aromatic hydroxyl groups is 1. The highest BCUT2D eigenvalue weighted by Gasteiger charge is 2.29. The molecule has 1 heterocycles. The van der Waals surface area contributed by atoms with Gasteiger partial charge in [-0.25, -0.2) is 0 Å². The van der Waals surface area contributed by atoms with Gasteiger partial charge in [0.2, 0.25) is 0 Å². The van der Waals surface area contributed by atoms with Crippen molar-refractivity contribution in [2.24, 2.45) is 0 Å². The first-order valence-corrected chi connectivity index (χ1v) is 8.07. The summed E-state index contributed by atoms with van der Waals surface area (Å²) in [6, 6.07) is 7.10. The topological polar surface area (TPSA) is 81.5 Å². The Morgan fingerprint density at radius 2 is 2.25 bits per heavy atom. The van der Waals surface area contributed by atoms with E-state index in [0.29, 0.717) is 18.3 Å². The number of halogens is 1. The van der Waals surface area contributed by atoms with Crippen LogP contribution in [0, 0.1) is 0 Å². The number of esters is 1. The van der Waals surface area contributed by atoms with Crippen molar-refractivity contribution in [1.29, 1.82) is 0 Å². The van der Waals surface area contributed by atoms with E-state index >= 15 is 0 Å². The van der Waals surface area contributed by atoms with Crippen LogP contribution in [0.1, 0.15) is 36.8 Å². The number of fused-ring (bicyclic) bond motifs is 1. The molecule has 24 heavy (non-hydrogen) atoms. The molecule has 0 bridgehead atoms. The molecule has 6 nitrogen and oxygen atoms in total. The van der Waals surface area contributed by atoms with E-state index in [1.807, 2.05) is 12.1 Å². The Hall–Kier alpha value is -2.34. The molecule has 1 aliphatic rings. The summed E-state index contributed by atoms with van der Waals surface area (Å²) in [5.41, 5.74) is 2.32. The molecule has 0 saturated heterocycles. The fourth-order valence-electron chi connectivity index (χ4n) is 2.83. The van der Waals surface area contributed by atoms with E-state index in [1.165, 1.54) is 18.6 Å². The lowest BCUT2D eigenvalue weighted by molar-refractivity contribution is -0.141. The molecule has 0 fully saturated rings. The van der Waals surface area contributed by atoms with E-state index in [1.54, 1.807) is 0 Å². The van der Waals surface area contributed by atoms with Crippen LogP contribution in [0.15, 0.2) is 24.3 Å². The van der Waals surface area contributed by atoms with Crippen LogP contribution in [0.4, 0.5) is 0 Å². The molecule has 0 radical (unpaired) electrons. The summed E-state index contributed by atoms with van der Waals surface area (Å²) < 4.78 is 10.6. The van der Waals surface area contributed by atoms with Crippen LogP contribution in [0.25, 0.3) is 0 Å². The number of aromatic nitrogens is 2. The quantitative estimate of drug-likeness (QED) is 0.634. The Morgan fingerprint density at radius 1 is 1.42 bits per heavy atom. The van der Waals surface area contributed by atoms with Gasteiger partial charge in [-0.05, 0) is 42.4 Å².